The second kappa shape index (κ2) is 8.80. The third-order valence-corrected chi connectivity index (χ3v) is 4.94. The lowest BCUT2D eigenvalue weighted by atomic mass is 9.97. The quantitative estimate of drug-likeness (QED) is 0.729. The highest BCUT2D eigenvalue weighted by Gasteiger charge is 2.24. The van der Waals surface area contributed by atoms with E-state index in [-0.39, 0.29) is 6.04 Å². The average molecular weight is 359 g/mol. The molecule has 27 heavy (non-hydrogen) atoms. The van der Waals surface area contributed by atoms with Crippen molar-refractivity contribution in [3.63, 3.8) is 0 Å². The van der Waals surface area contributed by atoms with Crippen LogP contribution in [-0.4, -0.2) is 36.1 Å². The average Bonchev–Trinajstić information content (AvgIpc) is 2.75. The largest absolute Gasteiger partial charge is 0.489 e. The van der Waals surface area contributed by atoms with Crippen LogP contribution in [0.4, 0.5) is 0 Å². The van der Waals surface area contributed by atoms with Crippen molar-refractivity contribution in [2.24, 2.45) is 0 Å². The number of aromatic nitrogens is 1. The summed E-state index contributed by atoms with van der Waals surface area (Å²) in [5.74, 6) is 0.903. The first-order valence-corrected chi connectivity index (χ1v) is 9.51. The molecule has 0 amide bonds. The molecule has 138 valence electrons. The summed E-state index contributed by atoms with van der Waals surface area (Å²) in [4.78, 5) is 6.87. The highest BCUT2D eigenvalue weighted by atomic mass is 16.5. The van der Waals surface area contributed by atoms with Gasteiger partial charge in [-0.15, -0.1) is 0 Å². The van der Waals surface area contributed by atoms with E-state index in [0.29, 0.717) is 6.61 Å². The van der Waals surface area contributed by atoms with Crippen LogP contribution in [0.25, 0.3) is 0 Å². The van der Waals surface area contributed by atoms with E-state index in [2.05, 4.69) is 51.6 Å². The minimum atomic E-state index is 0.195. The molecule has 4 rings (SSSR count). The van der Waals surface area contributed by atoms with Crippen LogP contribution in [0.5, 0.6) is 5.75 Å². The highest BCUT2D eigenvalue weighted by Crippen LogP contribution is 2.30. The van der Waals surface area contributed by atoms with Crippen LogP contribution in [0.15, 0.2) is 79.1 Å². The molecule has 0 bridgehead atoms. The zero-order chi connectivity index (χ0) is 18.3. The summed E-state index contributed by atoms with van der Waals surface area (Å²) in [5.41, 5.74) is 3.64. The maximum Gasteiger partial charge on any atom is 0.120 e. The Kier molecular flexibility index (Phi) is 5.77. The third kappa shape index (κ3) is 4.54. The Hall–Kier alpha value is -2.69. The summed E-state index contributed by atoms with van der Waals surface area (Å²) in [7, 11) is 0. The lowest BCUT2D eigenvalue weighted by molar-refractivity contribution is 0.197. The van der Waals surface area contributed by atoms with Crippen LogP contribution in [0.1, 0.15) is 22.7 Å². The normalized spacial score (nSPS) is 16.0. The van der Waals surface area contributed by atoms with Crippen molar-refractivity contribution in [2.75, 3.05) is 26.2 Å². The standard InChI is InChI=1S/C23H25N3O/c1-2-6-19(7-3-1)18-27-22-10-4-8-20(16-22)23(21-9-5-11-25-17-21)26-14-12-24-13-15-26/h1-11,16-17,23-24H,12-15,18H2. The fourth-order valence-electron chi connectivity index (χ4n) is 3.61. The number of nitrogens with zero attached hydrogens (tertiary/aromatic N) is 2. The van der Waals surface area contributed by atoms with Gasteiger partial charge >= 0.3 is 0 Å². The summed E-state index contributed by atoms with van der Waals surface area (Å²) >= 11 is 0. The Balaban J connectivity index is 1.58. The molecule has 0 aliphatic carbocycles. The smallest absolute Gasteiger partial charge is 0.120 e. The van der Waals surface area contributed by atoms with Crippen molar-refractivity contribution in [3.05, 3.63) is 95.8 Å². The van der Waals surface area contributed by atoms with Crippen LogP contribution >= 0.6 is 0 Å². The van der Waals surface area contributed by atoms with Crippen molar-refractivity contribution in [3.8, 4) is 5.75 Å². The topological polar surface area (TPSA) is 37.4 Å². The number of ether oxygens (including phenoxy) is 1. The zero-order valence-corrected chi connectivity index (χ0v) is 15.4. The van der Waals surface area contributed by atoms with Crippen molar-refractivity contribution in [2.45, 2.75) is 12.6 Å². The van der Waals surface area contributed by atoms with Crippen LogP contribution in [-0.2, 0) is 6.61 Å². The molecular weight excluding hydrogens is 334 g/mol. The number of rotatable bonds is 6. The first-order valence-electron chi connectivity index (χ1n) is 9.51. The summed E-state index contributed by atoms with van der Waals surface area (Å²) in [6, 6.07) is 23.1. The molecule has 1 fully saturated rings. The van der Waals surface area contributed by atoms with Crippen LogP contribution < -0.4 is 10.1 Å². The molecule has 2 heterocycles. The number of benzene rings is 2. The number of pyridine rings is 1. The third-order valence-electron chi connectivity index (χ3n) is 4.94. The first kappa shape index (κ1) is 17.7. The van der Waals surface area contributed by atoms with Crippen LogP contribution in [0.3, 0.4) is 0 Å². The predicted octanol–water partition coefficient (Wildman–Crippen LogP) is 3.66. The summed E-state index contributed by atoms with van der Waals surface area (Å²) in [6.07, 6.45) is 3.81. The van der Waals surface area contributed by atoms with Gasteiger partial charge in [-0.25, -0.2) is 0 Å². The van der Waals surface area contributed by atoms with Gasteiger partial charge in [-0.1, -0.05) is 48.5 Å². The Morgan fingerprint density at radius 3 is 2.52 bits per heavy atom. The molecule has 0 radical (unpaired) electrons. The molecule has 0 saturated carbocycles. The Morgan fingerprint density at radius 2 is 1.74 bits per heavy atom. The number of piperazine rings is 1. The fourth-order valence-corrected chi connectivity index (χ4v) is 3.61. The van der Waals surface area contributed by atoms with E-state index < -0.39 is 0 Å². The number of hydrogen-bond donors (Lipinski definition) is 1. The lowest BCUT2D eigenvalue weighted by Gasteiger charge is -2.35. The van der Waals surface area contributed by atoms with Gasteiger partial charge < -0.3 is 10.1 Å². The van der Waals surface area contributed by atoms with Crippen LogP contribution in [0.2, 0.25) is 0 Å². The molecule has 4 nitrogen and oxygen atoms in total. The molecule has 0 spiro atoms. The van der Waals surface area contributed by atoms with Gasteiger partial charge in [-0.05, 0) is 34.9 Å². The van der Waals surface area contributed by atoms with Gasteiger partial charge in [-0.3, -0.25) is 9.88 Å². The molecule has 4 heteroatoms. The van der Waals surface area contributed by atoms with E-state index in [1.165, 1.54) is 16.7 Å². The minimum Gasteiger partial charge on any atom is -0.489 e. The molecule has 1 saturated heterocycles. The van der Waals surface area contributed by atoms with Crippen molar-refractivity contribution < 1.29 is 4.74 Å². The molecule has 1 N–H and O–H groups in total. The zero-order valence-electron chi connectivity index (χ0n) is 15.4. The molecule has 1 aromatic heterocycles. The van der Waals surface area contributed by atoms with E-state index >= 15 is 0 Å². The van der Waals surface area contributed by atoms with Gasteiger partial charge in [0.25, 0.3) is 0 Å². The lowest BCUT2D eigenvalue weighted by Crippen LogP contribution is -2.45. The molecule has 2 aromatic carbocycles. The first-order chi connectivity index (χ1) is 13.4. The second-order valence-electron chi connectivity index (χ2n) is 6.82. The van der Waals surface area contributed by atoms with Crippen molar-refractivity contribution in [1.29, 1.82) is 0 Å². The molecule has 1 aliphatic heterocycles. The SMILES string of the molecule is c1ccc(COc2cccc(C(c3cccnc3)N3CCNCC3)c2)cc1. The molecule has 1 unspecified atom stereocenters. The van der Waals surface area contributed by atoms with Gasteiger partial charge in [0.15, 0.2) is 0 Å². The van der Waals surface area contributed by atoms with Gasteiger partial charge in [0, 0.05) is 38.6 Å². The van der Waals surface area contributed by atoms with Crippen molar-refractivity contribution >= 4 is 0 Å². The van der Waals surface area contributed by atoms with E-state index in [4.69, 9.17) is 4.74 Å². The second-order valence-corrected chi connectivity index (χ2v) is 6.82. The van der Waals surface area contributed by atoms with E-state index in [0.717, 1.165) is 31.9 Å². The van der Waals surface area contributed by atoms with E-state index in [9.17, 15) is 0 Å². The summed E-state index contributed by atoms with van der Waals surface area (Å²) in [6.45, 7) is 4.65. The summed E-state index contributed by atoms with van der Waals surface area (Å²) < 4.78 is 6.06. The molecular formula is C23H25N3O. The molecule has 1 aliphatic rings. The predicted molar refractivity (Wildman–Crippen MR) is 108 cm³/mol. The Labute approximate surface area is 160 Å². The van der Waals surface area contributed by atoms with E-state index in [1.807, 2.05) is 42.7 Å². The highest BCUT2D eigenvalue weighted by molar-refractivity contribution is 5.36. The fraction of sp³-hybridized carbons (Fsp3) is 0.261. The van der Waals surface area contributed by atoms with E-state index in [1.54, 1.807) is 0 Å². The van der Waals surface area contributed by atoms with Gasteiger partial charge in [0.1, 0.15) is 12.4 Å². The Morgan fingerprint density at radius 1 is 0.926 bits per heavy atom. The van der Waals surface area contributed by atoms with Crippen molar-refractivity contribution in [1.82, 2.24) is 15.2 Å². The molecule has 3 aromatic rings. The Bertz CT molecular complexity index is 833. The van der Waals surface area contributed by atoms with Gasteiger partial charge in [0.2, 0.25) is 0 Å². The number of hydrogen-bond acceptors (Lipinski definition) is 4. The minimum absolute atomic E-state index is 0.195. The summed E-state index contributed by atoms with van der Waals surface area (Å²) in [5, 5.41) is 3.44. The van der Waals surface area contributed by atoms with Gasteiger partial charge in [0.05, 0.1) is 6.04 Å². The maximum atomic E-state index is 6.06. The monoisotopic (exact) mass is 359 g/mol. The number of nitrogens with one attached hydrogen (secondary N) is 1. The molecule has 1 atom stereocenters. The maximum absolute atomic E-state index is 6.06. The van der Waals surface area contributed by atoms with Gasteiger partial charge in [-0.2, -0.15) is 0 Å². The van der Waals surface area contributed by atoms with Crippen LogP contribution in [0, 0.1) is 0 Å².